The molecule has 0 heterocycles. The monoisotopic (exact) mass is 492 g/mol. The van der Waals surface area contributed by atoms with E-state index in [0.29, 0.717) is 11.4 Å². The fourth-order valence-corrected chi connectivity index (χ4v) is 0.586. The van der Waals surface area contributed by atoms with Gasteiger partial charge < -0.3 is 10.7 Å². The van der Waals surface area contributed by atoms with Crippen molar-refractivity contribution in [2.45, 2.75) is 0 Å². The molecule has 1 aromatic rings. The fourth-order valence-electron chi connectivity index (χ4n) is 0.586. The van der Waals surface area contributed by atoms with Gasteiger partial charge in [-0.1, -0.05) is 18.2 Å². The Labute approximate surface area is 93.6 Å². The van der Waals surface area contributed by atoms with Crippen LogP contribution in [0, 0.1) is 0 Å². The molecule has 0 bridgehead atoms. The van der Waals surface area contributed by atoms with E-state index in [1.165, 1.54) is 0 Å². The van der Waals surface area contributed by atoms with Crippen LogP contribution in [0.4, 0.5) is 11.4 Å². The van der Waals surface area contributed by atoms with Crippen LogP contribution in [-0.4, -0.2) is 6.72 Å². The molecule has 0 aliphatic carbocycles. The number of rotatable bonds is 1. The number of aliphatic imine (C=N–C) groups is 1. The molecule has 1 N–H and O–H groups in total. The zero-order chi connectivity index (χ0) is 6.69. The second-order valence-corrected chi connectivity index (χ2v) is 1.65. The molecule has 0 spiro atoms. The molecule has 2 nitrogen and oxygen atoms in total. The third-order valence-corrected chi connectivity index (χ3v) is 1.04. The van der Waals surface area contributed by atoms with Crippen LogP contribution in [0.25, 0.3) is 5.73 Å². The zero-order valence-corrected chi connectivity index (χ0v) is 11.0. The summed E-state index contributed by atoms with van der Waals surface area (Å²) in [4.78, 5) is 3.38. The van der Waals surface area contributed by atoms with E-state index in [1.807, 2.05) is 0 Å². The van der Waals surface area contributed by atoms with Gasteiger partial charge in [-0.2, -0.15) is 6.72 Å². The maximum Gasteiger partial charge on any atom is 0 e. The Morgan fingerprint density at radius 2 is 1.73 bits per heavy atom. The second kappa shape index (κ2) is 6.71. The normalized spacial score (nSPS) is 7.27. The van der Waals surface area contributed by atoms with Gasteiger partial charge in [0, 0.05) is 40.8 Å². The zero-order valence-electron chi connectivity index (χ0n) is 5.59. The van der Waals surface area contributed by atoms with E-state index in [4.69, 9.17) is 12.5 Å². The standard InChI is InChI=1S/C7H6N2.2Re/c1-9-7-5-3-2-4-6(7)8;;/h1-5,8H;;/q-2;;. The Hall–Kier alpha value is 0.0147. The minimum absolute atomic E-state index is 0. The van der Waals surface area contributed by atoms with Crippen molar-refractivity contribution in [3.8, 4) is 0 Å². The Bertz CT molecular complexity index is 225. The van der Waals surface area contributed by atoms with Crippen molar-refractivity contribution in [2.24, 2.45) is 4.99 Å². The summed E-state index contributed by atoms with van der Waals surface area (Å²) in [6, 6.07) is 6.91. The molecule has 0 aliphatic rings. The summed E-state index contributed by atoms with van der Waals surface area (Å²) in [6.07, 6.45) is 0. The van der Waals surface area contributed by atoms with E-state index >= 15 is 0 Å². The topological polar surface area (TPSA) is 36.2 Å². The van der Waals surface area contributed by atoms with Crippen molar-refractivity contribution < 1.29 is 40.8 Å². The predicted molar refractivity (Wildman–Crippen MR) is 38.6 cm³/mol. The Kier molecular flexibility index (Phi) is 8.29. The van der Waals surface area contributed by atoms with Crippen LogP contribution in [-0.2, 0) is 40.8 Å². The van der Waals surface area contributed by atoms with E-state index in [1.54, 1.807) is 24.3 Å². The van der Waals surface area contributed by atoms with Gasteiger partial charge in [0.15, 0.2) is 0 Å². The van der Waals surface area contributed by atoms with Crippen LogP contribution in [0.2, 0.25) is 0 Å². The quantitative estimate of drug-likeness (QED) is 0.429. The SMILES string of the molecule is [CH-]=Nc1ccccc1[NH-].[Re].[Re]. The molecule has 11 heavy (non-hydrogen) atoms. The van der Waals surface area contributed by atoms with Gasteiger partial charge in [0.05, 0.1) is 0 Å². The number of benzene rings is 1. The molecule has 0 atom stereocenters. The van der Waals surface area contributed by atoms with Crippen LogP contribution in [0.3, 0.4) is 0 Å². The van der Waals surface area contributed by atoms with Gasteiger partial charge in [0.1, 0.15) is 0 Å². The van der Waals surface area contributed by atoms with Gasteiger partial charge in [0.25, 0.3) is 0 Å². The molecule has 0 aliphatic heterocycles. The minimum Gasteiger partial charge on any atom is -0.713 e. The van der Waals surface area contributed by atoms with Gasteiger partial charge in [-0.25, -0.2) is 5.69 Å². The third kappa shape index (κ3) is 3.80. The van der Waals surface area contributed by atoms with Crippen LogP contribution in [0.15, 0.2) is 29.3 Å². The molecule has 0 amide bonds. The van der Waals surface area contributed by atoms with Crippen LogP contribution < -0.4 is 0 Å². The molecular formula is C7H6N2Re2-2. The summed E-state index contributed by atoms with van der Waals surface area (Å²) in [7, 11) is 0. The number of nitrogens with zero attached hydrogens (tertiary/aromatic N) is 1. The number of nitrogens with one attached hydrogen (secondary N) is 1. The van der Waals surface area contributed by atoms with Gasteiger partial charge in [-0.3, -0.25) is 0 Å². The Morgan fingerprint density at radius 1 is 1.18 bits per heavy atom. The van der Waals surface area contributed by atoms with Crippen molar-refractivity contribution in [3.63, 3.8) is 0 Å². The van der Waals surface area contributed by atoms with Crippen LogP contribution in [0.5, 0.6) is 0 Å². The number of hydrogen-bond donors (Lipinski definition) is 0. The average molecular weight is 491 g/mol. The van der Waals surface area contributed by atoms with Crippen LogP contribution >= 0.6 is 0 Å². The summed E-state index contributed by atoms with van der Waals surface area (Å²) >= 11 is 0. The van der Waals surface area contributed by atoms with Crippen molar-refractivity contribution in [1.82, 2.24) is 0 Å². The van der Waals surface area contributed by atoms with E-state index in [0.717, 1.165) is 0 Å². The van der Waals surface area contributed by atoms with Gasteiger partial charge in [0.2, 0.25) is 0 Å². The molecule has 4 heteroatoms. The molecule has 0 unspecified atom stereocenters. The molecule has 1 rings (SSSR count). The van der Waals surface area contributed by atoms with Crippen molar-refractivity contribution in [2.75, 3.05) is 0 Å². The predicted octanol–water partition coefficient (Wildman–Crippen LogP) is 2.57. The average Bonchev–Trinajstić information content (AvgIpc) is 1.89. The van der Waals surface area contributed by atoms with Crippen LogP contribution in [0.1, 0.15) is 0 Å². The molecule has 0 saturated heterocycles. The Morgan fingerprint density at radius 3 is 2.09 bits per heavy atom. The van der Waals surface area contributed by atoms with Gasteiger partial charge in [-0.15, -0.1) is 11.8 Å². The fraction of sp³-hybridized carbons (Fsp3) is 0. The largest absolute Gasteiger partial charge is 0.713 e. The Balaban J connectivity index is 0. The summed E-state index contributed by atoms with van der Waals surface area (Å²) in [5.74, 6) is 0. The first-order valence-corrected chi connectivity index (χ1v) is 2.56. The summed E-state index contributed by atoms with van der Waals surface area (Å²) in [5.41, 5.74) is 8.08. The van der Waals surface area contributed by atoms with Crippen molar-refractivity contribution >= 4 is 18.1 Å². The van der Waals surface area contributed by atoms with E-state index in [2.05, 4.69) is 4.99 Å². The second-order valence-electron chi connectivity index (χ2n) is 1.65. The first-order valence-electron chi connectivity index (χ1n) is 2.56. The molecular weight excluding hydrogens is 485 g/mol. The molecule has 2 radical (unpaired) electrons. The molecule has 0 aromatic heterocycles. The molecule has 1 aromatic carbocycles. The maximum absolute atomic E-state index is 7.20. The van der Waals surface area contributed by atoms with Crippen molar-refractivity contribution in [1.29, 1.82) is 0 Å². The first kappa shape index (κ1) is 13.6. The summed E-state index contributed by atoms with van der Waals surface area (Å²) in [6.45, 7) is 4.96. The van der Waals surface area contributed by atoms with E-state index < -0.39 is 0 Å². The van der Waals surface area contributed by atoms with Gasteiger partial charge in [-0.05, 0) is 0 Å². The van der Waals surface area contributed by atoms with E-state index in [-0.39, 0.29) is 40.8 Å². The molecule has 60 valence electrons. The number of hydrogen-bond acceptors (Lipinski definition) is 1. The van der Waals surface area contributed by atoms with E-state index in [9.17, 15) is 0 Å². The minimum atomic E-state index is 0. The van der Waals surface area contributed by atoms with Crippen molar-refractivity contribution in [3.05, 3.63) is 30.0 Å². The molecule has 0 fully saturated rings. The first-order chi connectivity index (χ1) is 4.34. The maximum atomic E-state index is 7.20. The molecule has 0 saturated carbocycles. The number of para-hydroxylation sites is 1. The third-order valence-electron chi connectivity index (χ3n) is 1.04. The van der Waals surface area contributed by atoms with Gasteiger partial charge >= 0.3 is 0 Å². The smallest absolute Gasteiger partial charge is 0 e. The summed E-state index contributed by atoms with van der Waals surface area (Å²) in [5, 5.41) is 0. The summed E-state index contributed by atoms with van der Waals surface area (Å²) < 4.78 is 0.